The molecule has 0 aliphatic heterocycles. The second kappa shape index (κ2) is 7.11. The Morgan fingerprint density at radius 3 is 2.14 bits per heavy atom. The van der Waals surface area contributed by atoms with Crippen LogP contribution < -0.4 is 0 Å². The van der Waals surface area contributed by atoms with Crippen LogP contribution in [0.15, 0.2) is 66.7 Å². The number of ketones is 1. The fraction of sp³-hybridized carbons (Fsp3) is 0. The summed E-state index contributed by atoms with van der Waals surface area (Å²) < 4.78 is 1.60. The van der Waals surface area contributed by atoms with Crippen LogP contribution in [0.3, 0.4) is 0 Å². The van der Waals surface area contributed by atoms with Crippen molar-refractivity contribution in [2.75, 3.05) is 0 Å². The molecule has 1 heterocycles. The predicted octanol–water partition coefficient (Wildman–Crippen LogP) is 5.26. The number of hydrogen-bond donors (Lipinski definition) is 1. The van der Waals surface area contributed by atoms with Crippen molar-refractivity contribution in [3.63, 3.8) is 0 Å². The molecule has 1 aromatic heterocycles. The van der Waals surface area contributed by atoms with Gasteiger partial charge in [-0.05, 0) is 42.5 Å². The van der Waals surface area contributed by atoms with Crippen LogP contribution in [0, 0.1) is 0 Å². The van der Waals surface area contributed by atoms with Gasteiger partial charge < -0.3 is 5.11 Å². The van der Waals surface area contributed by atoms with Crippen molar-refractivity contribution >= 4 is 45.9 Å². The van der Waals surface area contributed by atoms with E-state index in [0.717, 1.165) is 0 Å². The van der Waals surface area contributed by atoms with Gasteiger partial charge in [-0.1, -0.05) is 47.5 Å². The summed E-state index contributed by atoms with van der Waals surface area (Å²) in [4.78, 5) is 24.3. The zero-order valence-corrected chi connectivity index (χ0v) is 15.8. The van der Waals surface area contributed by atoms with E-state index in [-0.39, 0.29) is 32.6 Å². The Labute approximate surface area is 169 Å². The third-order valence-corrected chi connectivity index (χ3v) is 4.98. The summed E-state index contributed by atoms with van der Waals surface area (Å²) in [5, 5.41) is 14.7. The highest BCUT2D eigenvalue weighted by Crippen LogP contribution is 2.30. The molecule has 3 aromatic carbocycles. The zero-order chi connectivity index (χ0) is 19.8. The summed E-state index contributed by atoms with van der Waals surface area (Å²) in [7, 11) is 0. The van der Waals surface area contributed by atoms with Gasteiger partial charge in [0.25, 0.3) is 0 Å². The molecule has 0 radical (unpaired) electrons. The van der Waals surface area contributed by atoms with E-state index in [1.54, 1.807) is 41.1 Å². The van der Waals surface area contributed by atoms with Gasteiger partial charge in [-0.25, -0.2) is 9.48 Å². The topological polar surface area (TPSA) is 72.2 Å². The number of carbonyl (C=O) groups is 2. The normalized spacial score (nSPS) is 10.9. The van der Waals surface area contributed by atoms with Crippen LogP contribution in [0.1, 0.15) is 26.4 Å². The van der Waals surface area contributed by atoms with Gasteiger partial charge >= 0.3 is 5.97 Å². The predicted molar refractivity (Wildman–Crippen MR) is 108 cm³/mol. The van der Waals surface area contributed by atoms with Crippen LogP contribution in [0.25, 0.3) is 16.6 Å². The number of carboxylic acids is 1. The lowest BCUT2D eigenvalue weighted by atomic mass is 10.1. The summed E-state index contributed by atoms with van der Waals surface area (Å²) in [5.41, 5.74) is 1.91. The Kier molecular flexibility index (Phi) is 4.63. The Morgan fingerprint density at radius 1 is 0.857 bits per heavy atom. The molecule has 0 unspecified atom stereocenters. The molecule has 4 rings (SSSR count). The largest absolute Gasteiger partial charge is 0.478 e. The second-order valence-electron chi connectivity index (χ2n) is 6.06. The van der Waals surface area contributed by atoms with Gasteiger partial charge in [-0.2, -0.15) is 5.10 Å². The number of nitrogens with zero attached hydrogens (tertiary/aromatic N) is 2. The number of aromatic nitrogens is 2. The van der Waals surface area contributed by atoms with Gasteiger partial charge in [0.15, 0.2) is 0 Å². The van der Waals surface area contributed by atoms with Crippen LogP contribution in [-0.4, -0.2) is 26.6 Å². The summed E-state index contributed by atoms with van der Waals surface area (Å²) >= 11 is 12.4. The Balaban J connectivity index is 1.90. The third kappa shape index (κ3) is 3.05. The minimum atomic E-state index is -1.01. The molecular weight excluding hydrogens is 399 g/mol. The molecule has 0 fully saturated rings. The maximum absolute atomic E-state index is 13.2. The fourth-order valence-corrected chi connectivity index (χ4v) is 3.58. The monoisotopic (exact) mass is 410 g/mol. The van der Waals surface area contributed by atoms with E-state index >= 15 is 0 Å². The lowest BCUT2D eigenvalue weighted by Crippen LogP contribution is -2.06. The number of benzene rings is 3. The Hall–Kier alpha value is -3.15. The van der Waals surface area contributed by atoms with Gasteiger partial charge in [-0.3, -0.25) is 4.79 Å². The van der Waals surface area contributed by atoms with Gasteiger partial charge in [0, 0.05) is 5.39 Å². The zero-order valence-electron chi connectivity index (χ0n) is 14.3. The number of carbonyl (C=O) groups excluding carboxylic acids is 1. The first-order valence-electron chi connectivity index (χ1n) is 8.27. The molecule has 4 aromatic rings. The van der Waals surface area contributed by atoms with E-state index in [2.05, 4.69) is 5.10 Å². The van der Waals surface area contributed by atoms with Gasteiger partial charge in [0.1, 0.15) is 5.69 Å². The molecule has 0 spiro atoms. The minimum Gasteiger partial charge on any atom is -0.478 e. The van der Waals surface area contributed by atoms with Crippen molar-refractivity contribution in [2.24, 2.45) is 0 Å². The summed E-state index contributed by atoms with van der Waals surface area (Å²) in [6, 6.07) is 18.4. The lowest BCUT2D eigenvalue weighted by molar-refractivity contribution is 0.0696. The molecule has 5 nitrogen and oxygen atoms in total. The number of para-hydroxylation sites is 1. The molecular formula is C21H12Cl2N2O3. The lowest BCUT2D eigenvalue weighted by Gasteiger charge is -2.04. The summed E-state index contributed by atoms with van der Waals surface area (Å²) in [6.45, 7) is 0. The maximum atomic E-state index is 13.2. The van der Waals surface area contributed by atoms with Crippen LogP contribution in [-0.2, 0) is 0 Å². The van der Waals surface area contributed by atoms with E-state index in [0.29, 0.717) is 16.6 Å². The van der Waals surface area contributed by atoms with Crippen molar-refractivity contribution < 1.29 is 14.7 Å². The van der Waals surface area contributed by atoms with Crippen molar-refractivity contribution in [2.45, 2.75) is 0 Å². The van der Waals surface area contributed by atoms with Gasteiger partial charge in [-0.15, -0.1) is 0 Å². The summed E-state index contributed by atoms with van der Waals surface area (Å²) in [5.74, 6) is -1.39. The molecule has 7 heteroatoms. The van der Waals surface area contributed by atoms with Crippen LogP contribution in [0.5, 0.6) is 0 Å². The van der Waals surface area contributed by atoms with E-state index in [4.69, 9.17) is 28.3 Å². The molecule has 0 bridgehead atoms. The molecule has 0 aliphatic carbocycles. The highest BCUT2D eigenvalue weighted by Gasteiger charge is 2.23. The molecule has 0 amide bonds. The standard InChI is InChI=1S/C21H12Cl2N2O3/c22-15-5-3-6-16(23)18(15)20(26)19-14-4-1-2-7-17(14)25(24-19)13-10-8-12(9-11-13)21(27)28/h1-11H,(H,27,28). The average Bonchev–Trinajstić information content (AvgIpc) is 3.07. The molecule has 28 heavy (non-hydrogen) atoms. The van der Waals surface area contributed by atoms with E-state index in [1.807, 2.05) is 18.2 Å². The first kappa shape index (κ1) is 18.2. The van der Waals surface area contributed by atoms with Crippen LogP contribution >= 0.6 is 23.2 Å². The van der Waals surface area contributed by atoms with Gasteiger partial charge in [0.2, 0.25) is 5.78 Å². The first-order chi connectivity index (χ1) is 13.5. The van der Waals surface area contributed by atoms with E-state index in [1.165, 1.54) is 12.1 Å². The molecule has 0 aliphatic rings. The van der Waals surface area contributed by atoms with Gasteiger partial charge in [0.05, 0.1) is 32.4 Å². The van der Waals surface area contributed by atoms with Crippen LogP contribution in [0.4, 0.5) is 0 Å². The number of halogens is 2. The number of rotatable bonds is 4. The molecule has 1 N–H and O–H groups in total. The van der Waals surface area contributed by atoms with E-state index in [9.17, 15) is 9.59 Å². The molecule has 0 saturated heterocycles. The first-order valence-corrected chi connectivity index (χ1v) is 9.03. The second-order valence-corrected chi connectivity index (χ2v) is 6.87. The third-order valence-electron chi connectivity index (χ3n) is 4.35. The number of hydrogen-bond acceptors (Lipinski definition) is 3. The quantitative estimate of drug-likeness (QED) is 0.465. The smallest absolute Gasteiger partial charge is 0.335 e. The highest BCUT2D eigenvalue weighted by atomic mass is 35.5. The number of fused-ring (bicyclic) bond motifs is 1. The van der Waals surface area contributed by atoms with E-state index < -0.39 is 5.97 Å². The minimum absolute atomic E-state index is 0.166. The molecule has 0 saturated carbocycles. The highest BCUT2D eigenvalue weighted by molar-refractivity contribution is 6.41. The van der Waals surface area contributed by atoms with Crippen molar-refractivity contribution in [3.05, 3.63) is 93.6 Å². The molecule has 138 valence electrons. The average molecular weight is 411 g/mol. The Morgan fingerprint density at radius 2 is 1.50 bits per heavy atom. The number of aromatic carboxylic acids is 1. The Bertz CT molecular complexity index is 1210. The van der Waals surface area contributed by atoms with Crippen molar-refractivity contribution in [3.8, 4) is 5.69 Å². The SMILES string of the molecule is O=C(O)c1ccc(-n2nc(C(=O)c3c(Cl)cccc3Cl)c3ccccc32)cc1. The fourth-order valence-electron chi connectivity index (χ4n) is 3.01. The molecule has 0 atom stereocenters. The van der Waals surface area contributed by atoms with Crippen LogP contribution in [0.2, 0.25) is 10.0 Å². The maximum Gasteiger partial charge on any atom is 0.335 e. The summed E-state index contributed by atoms with van der Waals surface area (Å²) in [6.07, 6.45) is 0. The van der Waals surface area contributed by atoms with Crippen molar-refractivity contribution in [1.29, 1.82) is 0 Å². The van der Waals surface area contributed by atoms with Crippen molar-refractivity contribution in [1.82, 2.24) is 9.78 Å². The number of carboxylic acid groups (broad SMARTS) is 1.